The summed E-state index contributed by atoms with van der Waals surface area (Å²) >= 11 is 0. The van der Waals surface area contributed by atoms with Crippen LogP contribution < -0.4 is 10.6 Å². The molecule has 3 rings (SSSR count). The third kappa shape index (κ3) is 12.7. The number of ether oxygens (including phenoxy) is 4. The van der Waals surface area contributed by atoms with E-state index in [1.807, 2.05) is 0 Å². The second-order valence-corrected chi connectivity index (χ2v) is 12.7. The molecular formula is C36H49F3N2O10. The number of carbonyl (C=O) groups excluding carboxylic acids is 4. The zero-order chi connectivity index (χ0) is 37.6. The van der Waals surface area contributed by atoms with E-state index in [2.05, 4.69) is 29.2 Å². The van der Waals surface area contributed by atoms with Gasteiger partial charge in [0.1, 0.15) is 24.4 Å². The van der Waals surface area contributed by atoms with Gasteiger partial charge in [-0.1, -0.05) is 57.7 Å². The highest BCUT2D eigenvalue weighted by Gasteiger charge is 2.52. The van der Waals surface area contributed by atoms with Crippen molar-refractivity contribution < 1.29 is 61.5 Å². The average Bonchev–Trinajstić information content (AvgIpc) is 3.46. The number of aliphatic hydroxyl groups is 2. The molecule has 1 saturated heterocycles. The number of benzene rings is 1. The van der Waals surface area contributed by atoms with Gasteiger partial charge in [-0.2, -0.15) is 13.2 Å². The zero-order valence-corrected chi connectivity index (χ0v) is 29.2. The number of nitrogens with one attached hydrogen (secondary N) is 2. The fourth-order valence-electron chi connectivity index (χ4n) is 5.92. The molecule has 1 aliphatic carbocycles. The van der Waals surface area contributed by atoms with Crippen molar-refractivity contribution in [1.82, 2.24) is 10.6 Å². The predicted molar refractivity (Wildman–Crippen MR) is 179 cm³/mol. The maximum Gasteiger partial charge on any atom is 0.422 e. The monoisotopic (exact) mass is 726 g/mol. The quantitative estimate of drug-likeness (QED) is 0.0918. The molecular weight excluding hydrogens is 677 g/mol. The van der Waals surface area contributed by atoms with Crippen LogP contribution in [0.3, 0.4) is 0 Å². The number of hydrogen-bond donors (Lipinski definition) is 4. The second kappa shape index (κ2) is 19.7. The van der Waals surface area contributed by atoms with E-state index in [0.29, 0.717) is 12.8 Å². The number of rotatable bonds is 19. The molecule has 1 aromatic carbocycles. The van der Waals surface area contributed by atoms with Crippen LogP contribution in [0, 0.1) is 0 Å². The summed E-state index contributed by atoms with van der Waals surface area (Å²) in [4.78, 5) is 51.8. The fourth-order valence-corrected chi connectivity index (χ4v) is 5.92. The van der Waals surface area contributed by atoms with E-state index >= 15 is 0 Å². The van der Waals surface area contributed by atoms with Gasteiger partial charge < -0.3 is 39.8 Å². The van der Waals surface area contributed by atoms with Gasteiger partial charge in [-0.3, -0.25) is 9.59 Å². The van der Waals surface area contributed by atoms with E-state index in [9.17, 15) is 37.5 Å². The molecule has 0 bridgehead atoms. The minimum Gasteiger partial charge on any atom is -0.456 e. The van der Waals surface area contributed by atoms with Gasteiger partial charge in [0.15, 0.2) is 12.4 Å². The molecule has 0 spiro atoms. The minimum atomic E-state index is -4.70. The molecule has 284 valence electrons. The van der Waals surface area contributed by atoms with E-state index < -0.39 is 72.8 Å². The van der Waals surface area contributed by atoms with Crippen molar-refractivity contribution in [3.63, 3.8) is 0 Å². The molecule has 12 nitrogen and oxygen atoms in total. The number of unbranched alkanes of at least 4 members (excludes halogenated alkanes) is 4. The Morgan fingerprint density at radius 2 is 1.73 bits per heavy atom. The van der Waals surface area contributed by atoms with Crippen LogP contribution in [0.25, 0.3) is 6.08 Å². The first kappa shape index (κ1) is 41.6. The van der Waals surface area contributed by atoms with E-state index in [1.54, 1.807) is 12.1 Å². The lowest BCUT2D eigenvalue weighted by molar-refractivity contribution is -0.190. The first-order chi connectivity index (χ1) is 24.2. The van der Waals surface area contributed by atoms with E-state index in [4.69, 9.17) is 19.3 Å². The molecule has 1 aromatic rings. The molecule has 0 saturated carbocycles. The number of amides is 2. The van der Waals surface area contributed by atoms with Crippen molar-refractivity contribution in [3.05, 3.63) is 53.1 Å². The standard InChI is InChI=1S/C36H49F3N2O10/c1-4-6-10-16-35(17-11-7-5-2)50-28-21-25(32(45)41-30(23(3)43)33(46)40-18-19-42)20-27(31(28)51-35)49-34(47)26-13-9-8-12-24(26)14-15-29(44)48-22-36(37,38)39/h8-9,12-15,21,23,27-28,30-31,42-43H,4-7,10-11,16-20,22H2,1-3H3,(H,40,46)(H,41,45). The Labute approximate surface area is 295 Å². The number of alkyl halides is 3. The lowest BCUT2D eigenvalue weighted by Crippen LogP contribution is -2.54. The van der Waals surface area contributed by atoms with Crippen LogP contribution in [-0.2, 0) is 33.3 Å². The summed E-state index contributed by atoms with van der Waals surface area (Å²) in [6.45, 7) is 3.29. The largest absolute Gasteiger partial charge is 0.456 e. The van der Waals surface area contributed by atoms with Crippen LogP contribution in [0.15, 0.2) is 42.0 Å². The van der Waals surface area contributed by atoms with Gasteiger partial charge in [-0.05, 0) is 43.5 Å². The van der Waals surface area contributed by atoms with Crippen molar-refractivity contribution >= 4 is 29.8 Å². The molecule has 5 unspecified atom stereocenters. The Hall–Kier alpha value is -3.79. The number of hydrogen-bond acceptors (Lipinski definition) is 10. The summed E-state index contributed by atoms with van der Waals surface area (Å²) < 4.78 is 60.8. The summed E-state index contributed by atoms with van der Waals surface area (Å²) in [6, 6.07) is 4.62. The third-order valence-corrected chi connectivity index (χ3v) is 8.47. The van der Waals surface area contributed by atoms with Gasteiger partial charge >= 0.3 is 18.1 Å². The van der Waals surface area contributed by atoms with Crippen molar-refractivity contribution in [1.29, 1.82) is 0 Å². The first-order valence-electron chi connectivity index (χ1n) is 17.4. The average molecular weight is 727 g/mol. The number of esters is 2. The van der Waals surface area contributed by atoms with Crippen LogP contribution in [0.2, 0.25) is 0 Å². The number of carbonyl (C=O) groups is 4. The Kier molecular flexibility index (Phi) is 16.1. The van der Waals surface area contributed by atoms with Gasteiger partial charge in [0.05, 0.1) is 18.3 Å². The van der Waals surface area contributed by atoms with Gasteiger partial charge in [-0.25, -0.2) is 9.59 Å². The topological polar surface area (TPSA) is 170 Å². The van der Waals surface area contributed by atoms with E-state index in [-0.39, 0.29) is 36.3 Å². The van der Waals surface area contributed by atoms with Crippen molar-refractivity contribution in [2.24, 2.45) is 0 Å². The summed E-state index contributed by atoms with van der Waals surface area (Å²) in [5, 5.41) is 24.3. The highest BCUT2D eigenvalue weighted by molar-refractivity contribution is 5.98. The molecule has 5 atom stereocenters. The maximum absolute atomic E-state index is 13.7. The van der Waals surface area contributed by atoms with Crippen molar-refractivity contribution in [2.75, 3.05) is 19.8 Å². The molecule has 1 aliphatic heterocycles. The fraction of sp³-hybridized carbons (Fsp3) is 0.611. The van der Waals surface area contributed by atoms with E-state index in [0.717, 1.165) is 50.7 Å². The summed E-state index contributed by atoms with van der Waals surface area (Å²) in [5.41, 5.74) is 0.273. The van der Waals surface area contributed by atoms with Crippen LogP contribution in [0.1, 0.15) is 94.5 Å². The van der Waals surface area contributed by atoms with Crippen LogP contribution in [-0.4, -0.2) is 96.1 Å². The predicted octanol–water partition coefficient (Wildman–Crippen LogP) is 4.28. The highest BCUT2D eigenvalue weighted by Crippen LogP contribution is 2.43. The molecule has 15 heteroatoms. The van der Waals surface area contributed by atoms with Gasteiger partial charge in [0.25, 0.3) is 0 Å². The summed E-state index contributed by atoms with van der Waals surface area (Å²) in [5.74, 6) is -4.53. The van der Waals surface area contributed by atoms with Gasteiger partial charge in [-0.15, -0.1) is 0 Å². The van der Waals surface area contributed by atoms with Crippen LogP contribution >= 0.6 is 0 Å². The number of fused-ring (bicyclic) bond motifs is 1. The first-order valence-corrected chi connectivity index (χ1v) is 17.4. The lowest BCUT2D eigenvalue weighted by atomic mass is 9.91. The molecule has 0 radical (unpaired) electrons. The summed E-state index contributed by atoms with van der Waals surface area (Å²) in [7, 11) is 0. The SMILES string of the molecule is CCCCCC1(CCCCC)OC2C=C(C(=O)NC(C(=O)NCCO)C(C)O)CC(OC(=O)c3ccccc3C=CC(=O)OCC(F)(F)F)C2O1. The smallest absolute Gasteiger partial charge is 0.422 e. The van der Waals surface area contributed by atoms with Crippen LogP contribution in [0.5, 0.6) is 0 Å². The highest BCUT2D eigenvalue weighted by atomic mass is 19.4. The number of halogens is 3. The van der Waals surface area contributed by atoms with Gasteiger partial charge in [0.2, 0.25) is 11.8 Å². The summed E-state index contributed by atoms with van der Waals surface area (Å²) in [6.07, 6.45) is 1.24. The minimum absolute atomic E-state index is 0.0136. The Balaban J connectivity index is 1.92. The number of aliphatic hydroxyl groups excluding tert-OH is 2. The maximum atomic E-state index is 13.7. The van der Waals surface area contributed by atoms with Crippen molar-refractivity contribution in [2.45, 2.75) is 121 Å². The van der Waals surface area contributed by atoms with E-state index in [1.165, 1.54) is 25.1 Å². The third-order valence-electron chi connectivity index (χ3n) is 8.47. The molecule has 2 aliphatic rings. The lowest BCUT2D eigenvalue weighted by Gasteiger charge is -2.31. The van der Waals surface area contributed by atoms with Crippen molar-refractivity contribution in [3.8, 4) is 0 Å². The Bertz CT molecular complexity index is 1390. The molecule has 1 heterocycles. The molecule has 4 N–H and O–H groups in total. The normalized spacial score (nSPS) is 20.9. The Morgan fingerprint density at radius 1 is 1.06 bits per heavy atom. The molecule has 0 aromatic heterocycles. The molecule has 1 fully saturated rings. The Morgan fingerprint density at radius 3 is 2.33 bits per heavy atom. The zero-order valence-electron chi connectivity index (χ0n) is 29.2. The van der Waals surface area contributed by atoms with Crippen LogP contribution in [0.4, 0.5) is 13.2 Å². The molecule has 2 amide bonds. The molecule has 51 heavy (non-hydrogen) atoms. The second-order valence-electron chi connectivity index (χ2n) is 12.7. The van der Waals surface area contributed by atoms with Gasteiger partial charge in [0, 0.05) is 37.5 Å².